The highest BCUT2D eigenvalue weighted by Gasteiger charge is 2.22. The number of hydrogen-bond donors (Lipinski definition) is 2. The zero-order chi connectivity index (χ0) is 18.2. The van der Waals surface area contributed by atoms with E-state index >= 15 is 0 Å². The first kappa shape index (κ1) is 20.2. The Morgan fingerprint density at radius 1 is 1.29 bits per heavy atom. The summed E-state index contributed by atoms with van der Waals surface area (Å²) >= 11 is 5.94. The van der Waals surface area contributed by atoms with Gasteiger partial charge in [-0.05, 0) is 38.4 Å². The van der Waals surface area contributed by atoms with E-state index in [-0.39, 0.29) is 29.0 Å². The Bertz CT molecular complexity index is 732. The molecule has 0 aliphatic rings. The number of sulfonamides is 1. The summed E-state index contributed by atoms with van der Waals surface area (Å²) in [5.74, 6) is 0.696. The fraction of sp³-hybridized carbons (Fsp3) is 0.267. The minimum absolute atomic E-state index is 0.0728. The third-order valence-electron chi connectivity index (χ3n) is 3.09. The van der Waals surface area contributed by atoms with Crippen molar-refractivity contribution in [2.24, 2.45) is 0 Å². The summed E-state index contributed by atoms with van der Waals surface area (Å²) in [5.41, 5.74) is 0. The molecule has 1 aromatic carbocycles. The van der Waals surface area contributed by atoms with Crippen molar-refractivity contribution in [3.8, 4) is 0 Å². The van der Waals surface area contributed by atoms with Crippen LogP contribution in [0.3, 0.4) is 0 Å². The van der Waals surface area contributed by atoms with Gasteiger partial charge in [0.2, 0.25) is 10.0 Å². The molecule has 2 aromatic rings. The number of nitrogens with zero attached hydrogens (tertiary/aromatic N) is 1. The van der Waals surface area contributed by atoms with Crippen molar-refractivity contribution in [3.63, 3.8) is 0 Å². The number of nitrogens with one attached hydrogen (secondary N) is 1. The molecule has 0 saturated carbocycles. The molecule has 7 nitrogen and oxygen atoms in total. The summed E-state index contributed by atoms with van der Waals surface area (Å²) in [6, 6.07) is 9.73. The minimum Gasteiger partial charge on any atom is -0.483 e. The van der Waals surface area contributed by atoms with Gasteiger partial charge in [-0.25, -0.2) is 13.1 Å². The Morgan fingerprint density at radius 2 is 1.92 bits per heavy atom. The number of furan rings is 1. The minimum atomic E-state index is -3.66. The first-order chi connectivity index (χ1) is 11.3. The highest BCUT2D eigenvalue weighted by atomic mass is 35.5. The van der Waals surface area contributed by atoms with Crippen LogP contribution in [0.15, 0.2) is 52.0 Å². The molecule has 1 unspecified atom stereocenters. The number of carbonyl (C=O) groups is 1. The van der Waals surface area contributed by atoms with Gasteiger partial charge in [-0.2, -0.15) is 0 Å². The fourth-order valence-electron chi connectivity index (χ4n) is 1.95. The lowest BCUT2D eigenvalue weighted by Gasteiger charge is -2.22. The van der Waals surface area contributed by atoms with Crippen molar-refractivity contribution >= 4 is 28.1 Å². The molecule has 0 saturated heterocycles. The number of carboxylic acid groups (broad SMARTS) is 1. The molecule has 2 N–H and O–H groups in total. The van der Waals surface area contributed by atoms with Crippen molar-refractivity contribution in [2.75, 3.05) is 20.6 Å². The molecule has 9 heteroatoms. The third-order valence-corrected chi connectivity index (χ3v) is 5.01. The quantitative estimate of drug-likeness (QED) is 0.752. The van der Waals surface area contributed by atoms with Crippen LogP contribution < -0.4 is 4.72 Å². The molecule has 0 amide bonds. The van der Waals surface area contributed by atoms with E-state index in [0.29, 0.717) is 5.76 Å². The largest absolute Gasteiger partial charge is 0.483 e. The molecule has 0 aliphatic carbocycles. The average Bonchev–Trinajstić information content (AvgIpc) is 3.02. The van der Waals surface area contributed by atoms with Crippen molar-refractivity contribution in [1.29, 1.82) is 0 Å². The smallest absolute Gasteiger partial charge is 0.290 e. The second-order valence-electron chi connectivity index (χ2n) is 4.88. The molecule has 24 heavy (non-hydrogen) atoms. The van der Waals surface area contributed by atoms with Gasteiger partial charge in [0.1, 0.15) is 10.7 Å². The van der Waals surface area contributed by atoms with E-state index in [1.807, 2.05) is 25.1 Å². The van der Waals surface area contributed by atoms with Crippen LogP contribution in [0.1, 0.15) is 11.8 Å². The van der Waals surface area contributed by atoms with Gasteiger partial charge in [-0.15, -0.1) is 0 Å². The molecule has 1 heterocycles. The predicted molar refractivity (Wildman–Crippen MR) is 90.5 cm³/mol. The highest BCUT2D eigenvalue weighted by Crippen LogP contribution is 2.22. The van der Waals surface area contributed by atoms with Gasteiger partial charge in [0, 0.05) is 6.54 Å². The number of hydrogen-bond acceptors (Lipinski definition) is 5. The SMILES string of the molecule is CN(C)C(CNS(=O)(=O)c1ccccc1Cl)c1ccco1.O=CO. The van der Waals surface area contributed by atoms with Gasteiger partial charge < -0.3 is 9.52 Å². The summed E-state index contributed by atoms with van der Waals surface area (Å²) in [5, 5.41) is 7.09. The van der Waals surface area contributed by atoms with Gasteiger partial charge in [-0.1, -0.05) is 23.7 Å². The maximum absolute atomic E-state index is 12.3. The van der Waals surface area contributed by atoms with E-state index < -0.39 is 10.0 Å². The lowest BCUT2D eigenvalue weighted by Crippen LogP contribution is -2.34. The number of likely N-dealkylation sites (N-methyl/N-ethyl adjacent to an activating group) is 1. The Hall–Kier alpha value is -1.87. The maximum atomic E-state index is 12.3. The molecule has 1 atom stereocenters. The molecule has 0 radical (unpaired) electrons. The normalized spacial score (nSPS) is 12.3. The summed E-state index contributed by atoms with van der Waals surface area (Å²) in [4.78, 5) is 10.3. The van der Waals surface area contributed by atoms with E-state index in [1.54, 1.807) is 30.5 Å². The van der Waals surface area contributed by atoms with Crippen LogP contribution in [-0.4, -0.2) is 45.5 Å². The van der Waals surface area contributed by atoms with E-state index in [4.69, 9.17) is 25.9 Å². The second-order valence-corrected chi connectivity index (χ2v) is 7.03. The van der Waals surface area contributed by atoms with E-state index in [2.05, 4.69) is 4.72 Å². The summed E-state index contributed by atoms with van der Waals surface area (Å²) in [6.45, 7) is -0.0614. The predicted octanol–water partition coefficient (Wildman–Crippen LogP) is 2.21. The molecular formula is C15H19ClN2O5S. The van der Waals surface area contributed by atoms with Crippen LogP contribution in [0.2, 0.25) is 5.02 Å². The zero-order valence-electron chi connectivity index (χ0n) is 13.2. The van der Waals surface area contributed by atoms with Crippen LogP contribution in [0.4, 0.5) is 0 Å². The van der Waals surface area contributed by atoms with Crippen LogP contribution in [0.25, 0.3) is 0 Å². The monoisotopic (exact) mass is 374 g/mol. The summed E-state index contributed by atoms with van der Waals surface area (Å²) in [7, 11) is 0.0553. The van der Waals surface area contributed by atoms with Gasteiger partial charge in [0.15, 0.2) is 0 Å². The first-order valence-corrected chi connectivity index (χ1v) is 8.71. The first-order valence-electron chi connectivity index (χ1n) is 6.85. The molecule has 0 fully saturated rings. The lowest BCUT2D eigenvalue weighted by atomic mass is 10.2. The van der Waals surface area contributed by atoms with Gasteiger partial charge in [0.25, 0.3) is 6.47 Å². The van der Waals surface area contributed by atoms with Gasteiger partial charge in [-0.3, -0.25) is 9.69 Å². The standard InChI is InChI=1S/C14H17ClN2O3S.CH2O2/c1-17(2)12(13-7-5-9-20-13)10-16-21(18,19)14-8-4-3-6-11(14)15;2-1-3/h3-9,12,16H,10H2,1-2H3;1H,(H,2,3). The number of rotatable bonds is 6. The Kier molecular flexibility index (Phi) is 7.93. The fourth-order valence-corrected chi connectivity index (χ4v) is 3.50. The topological polar surface area (TPSA) is 99.9 Å². The summed E-state index contributed by atoms with van der Waals surface area (Å²) < 4.78 is 32.5. The molecular weight excluding hydrogens is 356 g/mol. The van der Waals surface area contributed by atoms with Crippen molar-refractivity contribution in [3.05, 3.63) is 53.4 Å². The molecule has 1 aromatic heterocycles. The van der Waals surface area contributed by atoms with Crippen LogP contribution in [0.5, 0.6) is 0 Å². The summed E-state index contributed by atoms with van der Waals surface area (Å²) in [6.07, 6.45) is 1.56. The average molecular weight is 375 g/mol. The molecule has 0 bridgehead atoms. The molecule has 0 aliphatic heterocycles. The Morgan fingerprint density at radius 3 is 2.42 bits per heavy atom. The van der Waals surface area contributed by atoms with Crippen molar-refractivity contribution in [1.82, 2.24) is 9.62 Å². The van der Waals surface area contributed by atoms with Crippen LogP contribution in [-0.2, 0) is 14.8 Å². The van der Waals surface area contributed by atoms with Gasteiger partial charge >= 0.3 is 0 Å². The third kappa shape index (κ3) is 5.64. The highest BCUT2D eigenvalue weighted by molar-refractivity contribution is 7.89. The number of halogens is 1. The van der Waals surface area contributed by atoms with E-state index in [1.165, 1.54) is 6.07 Å². The Labute approximate surface area is 145 Å². The second kappa shape index (κ2) is 9.43. The molecule has 132 valence electrons. The molecule has 0 spiro atoms. The lowest BCUT2D eigenvalue weighted by molar-refractivity contribution is -0.122. The maximum Gasteiger partial charge on any atom is 0.290 e. The van der Waals surface area contributed by atoms with Crippen LogP contribution >= 0.6 is 11.6 Å². The van der Waals surface area contributed by atoms with E-state index in [0.717, 1.165) is 0 Å². The van der Waals surface area contributed by atoms with Crippen LogP contribution in [0, 0.1) is 0 Å². The molecule has 2 rings (SSSR count). The van der Waals surface area contributed by atoms with Gasteiger partial charge in [0.05, 0.1) is 17.3 Å². The number of benzene rings is 1. The van der Waals surface area contributed by atoms with E-state index in [9.17, 15) is 8.42 Å². The zero-order valence-corrected chi connectivity index (χ0v) is 14.8. The van der Waals surface area contributed by atoms with Crippen molar-refractivity contribution in [2.45, 2.75) is 10.9 Å². The Balaban J connectivity index is 0.000000891. The van der Waals surface area contributed by atoms with Crippen molar-refractivity contribution < 1.29 is 22.7 Å².